The molecule has 5 aliphatic carbocycles. The number of pyridine rings is 1. The fraction of sp³-hybridized carbons (Fsp3) is 0.256. The van der Waals surface area contributed by atoms with Crippen LogP contribution in [0.1, 0.15) is 43.2 Å². The zero-order valence-corrected chi connectivity index (χ0v) is 23.1. The third kappa shape index (κ3) is 2.86. The summed E-state index contributed by atoms with van der Waals surface area (Å²) in [4.78, 5) is 5.26. The van der Waals surface area contributed by atoms with Crippen LogP contribution in [0.15, 0.2) is 109 Å². The van der Waals surface area contributed by atoms with E-state index in [-0.39, 0.29) is 5.41 Å². The lowest BCUT2D eigenvalue weighted by Gasteiger charge is -2.61. The summed E-state index contributed by atoms with van der Waals surface area (Å²) in [6.07, 6.45) is 7.10. The van der Waals surface area contributed by atoms with Crippen LogP contribution in [0.3, 0.4) is 0 Å². The van der Waals surface area contributed by atoms with Gasteiger partial charge in [-0.1, -0.05) is 78.9 Å². The van der Waals surface area contributed by atoms with Crippen LogP contribution in [0.4, 0.5) is 0 Å². The van der Waals surface area contributed by atoms with E-state index in [1.165, 1.54) is 65.0 Å². The Morgan fingerprint density at radius 1 is 0.561 bits per heavy atom. The van der Waals surface area contributed by atoms with Gasteiger partial charge in [0.15, 0.2) is 0 Å². The fourth-order valence-electron chi connectivity index (χ4n) is 10.2. The van der Waals surface area contributed by atoms with Gasteiger partial charge in [-0.25, -0.2) is 4.98 Å². The van der Waals surface area contributed by atoms with E-state index in [2.05, 4.69) is 114 Å². The first kappa shape index (κ1) is 22.5. The van der Waals surface area contributed by atoms with Crippen molar-refractivity contribution in [1.29, 1.82) is 0 Å². The van der Waals surface area contributed by atoms with Crippen LogP contribution in [0.25, 0.3) is 50.0 Å². The maximum Gasteiger partial charge on any atom is 0.138 e. The standard InChI is InChI=1S/C39H32N2/c1-2-9-26(10-3-1)35-14-8-16-38(40-35)41-36-15-7-5-12-30(36)32-22-31-29-11-4-6-13-33(29)39(34(31)23-37(32)41)27-18-24-17-25(20-27)21-28(39)19-24/h1-16,22-25,27-28H,17-21H2. The number of hydrogen-bond acceptors (Lipinski definition) is 1. The summed E-state index contributed by atoms with van der Waals surface area (Å²) >= 11 is 0. The van der Waals surface area contributed by atoms with Crippen LogP contribution in [0.5, 0.6) is 0 Å². The van der Waals surface area contributed by atoms with E-state index in [4.69, 9.17) is 4.98 Å². The number of hydrogen-bond donors (Lipinski definition) is 0. The van der Waals surface area contributed by atoms with Crippen LogP contribution in [0, 0.1) is 23.7 Å². The molecule has 4 aromatic carbocycles. The average Bonchev–Trinajstić information content (AvgIpc) is 3.49. The van der Waals surface area contributed by atoms with Gasteiger partial charge >= 0.3 is 0 Å². The normalized spacial score (nSPS) is 27.1. The molecule has 4 saturated carbocycles. The molecule has 0 amide bonds. The predicted molar refractivity (Wildman–Crippen MR) is 167 cm³/mol. The van der Waals surface area contributed by atoms with Crippen molar-refractivity contribution in [3.8, 4) is 28.2 Å². The minimum Gasteiger partial charge on any atom is -0.294 e. The Labute approximate surface area is 240 Å². The average molecular weight is 529 g/mol. The third-order valence-corrected chi connectivity index (χ3v) is 11.4. The molecule has 198 valence electrons. The number of nitrogens with zero attached hydrogens (tertiary/aromatic N) is 2. The Balaban J connectivity index is 1.28. The van der Waals surface area contributed by atoms with E-state index < -0.39 is 0 Å². The molecule has 0 aliphatic heterocycles. The summed E-state index contributed by atoms with van der Waals surface area (Å²) in [5.74, 6) is 4.40. The van der Waals surface area contributed by atoms with E-state index >= 15 is 0 Å². The summed E-state index contributed by atoms with van der Waals surface area (Å²) in [6, 6.07) is 40.5. The molecular formula is C39H32N2. The molecular weight excluding hydrogens is 496 g/mol. The highest BCUT2D eigenvalue weighted by molar-refractivity contribution is 6.11. The second-order valence-corrected chi connectivity index (χ2v) is 13.2. The van der Waals surface area contributed by atoms with Crippen molar-refractivity contribution in [2.75, 3.05) is 0 Å². The number of benzene rings is 4. The van der Waals surface area contributed by atoms with Crippen molar-refractivity contribution in [2.45, 2.75) is 37.5 Å². The minimum absolute atomic E-state index is 0.161. The van der Waals surface area contributed by atoms with Gasteiger partial charge in [-0.05, 0) is 108 Å². The van der Waals surface area contributed by atoms with Crippen molar-refractivity contribution in [2.24, 2.45) is 23.7 Å². The molecule has 2 nitrogen and oxygen atoms in total. The van der Waals surface area contributed by atoms with E-state index in [0.717, 1.165) is 40.7 Å². The molecule has 0 N–H and O–H groups in total. The smallest absolute Gasteiger partial charge is 0.138 e. The molecule has 4 fully saturated rings. The molecule has 0 unspecified atom stereocenters. The second-order valence-electron chi connectivity index (χ2n) is 13.2. The minimum atomic E-state index is 0.161. The monoisotopic (exact) mass is 528 g/mol. The molecule has 2 aromatic heterocycles. The molecule has 41 heavy (non-hydrogen) atoms. The van der Waals surface area contributed by atoms with Crippen molar-refractivity contribution in [3.63, 3.8) is 0 Å². The highest BCUT2D eigenvalue weighted by Crippen LogP contribution is 2.69. The molecule has 0 radical (unpaired) electrons. The Bertz CT molecular complexity index is 1980. The molecule has 5 aliphatic rings. The van der Waals surface area contributed by atoms with Crippen molar-refractivity contribution in [1.82, 2.24) is 9.55 Å². The molecule has 2 heteroatoms. The van der Waals surface area contributed by atoms with E-state index in [1.807, 2.05) is 0 Å². The Morgan fingerprint density at radius 2 is 1.29 bits per heavy atom. The highest BCUT2D eigenvalue weighted by atomic mass is 15.1. The molecule has 0 saturated heterocycles. The molecule has 1 spiro atoms. The third-order valence-electron chi connectivity index (χ3n) is 11.4. The summed E-state index contributed by atoms with van der Waals surface area (Å²) < 4.78 is 2.43. The van der Waals surface area contributed by atoms with Gasteiger partial charge < -0.3 is 0 Å². The van der Waals surface area contributed by atoms with Crippen molar-refractivity contribution in [3.05, 3.63) is 120 Å². The quantitative estimate of drug-likeness (QED) is 0.219. The Hall–Kier alpha value is -4.17. The van der Waals surface area contributed by atoms with Crippen molar-refractivity contribution < 1.29 is 0 Å². The van der Waals surface area contributed by atoms with Gasteiger partial charge in [0.2, 0.25) is 0 Å². The zero-order valence-electron chi connectivity index (χ0n) is 23.1. The molecule has 4 bridgehead atoms. The Kier molecular flexibility index (Phi) is 4.38. The SMILES string of the molecule is c1ccc(-c2cccc(-n3c4ccccc4c4cc5c(cc43)C3(c4ccccc4-5)C4CC5CC(C4)CC3C5)n2)cc1. The molecule has 2 heterocycles. The second kappa shape index (κ2) is 7.97. The first-order valence-electron chi connectivity index (χ1n) is 15.5. The van der Waals surface area contributed by atoms with E-state index in [1.54, 1.807) is 11.1 Å². The molecule has 0 atom stereocenters. The number of rotatable bonds is 2. The maximum absolute atomic E-state index is 5.26. The van der Waals surface area contributed by atoms with Gasteiger partial charge in [0.25, 0.3) is 0 Å². The number of aromatic nitrogens is 2. The number of para-hydroxylation sites is 1. The van der Waals surface area contributed by atoms with Gasteiger partial charge in [-0.15, -0.1) is 0 Å². The highest BCUT2D eigenvalue weighted by Gasteiger charge is 2.61. The van der Waals surface area contributed by atoms with Crippen LogP contribution in [-0.2, 0) is 5.41 Å². The van der Waals surface area contributed by atoms with Crippen LogP contribution in [0.2, 0.25) is 0 Å². The zero-order chi connectivity index (χ0) is 26.7. The summed E-state index contributed by atoms with van der Waals surface area (Å²) in [7, 11) is 0. The summed E-state index contributed by atoms with van der Waals surface area (Å²) in [5, 5.41) is 2.64. The summed E-state index contributed by atoms with van der Waals surface area (Å²) in [5.41, 5.74) is 11.0. The topological polar surface area (TPSA) is 17.8 Å². The summed E-state index contributed by atoms with van der Waals surface area (Å²) in [6.45, 7) is 0. The first-order valence-corrected chi connectivity index (χ1v) is 15.5. The van der Waals surface area contributed by atoms with Crippen LogP contribution in [-0.4, -0.2) is 9.55 Å². The molecule has 11 rings (SSSR count). The van der Waals surface area contributed by atoms with E-state index in [0.29, 0.717) is 0 Å². The predicted octanol–water partition coefficient (Wildman–Crippen LogP) is 9.57. The van der Waals surface area contributed by atoms with Gasteiger partial charge in [-0.2, -0.15) is 0 Å². The maximum atomic E-state index is 5.26. The van der Waals surface area contributed by atoms with Gasteiger partial charge in [0.1, 0.15) is 5.82 Å². The van der Waals surface area contributed by atoms with Crippen molar-refractivity contribution >= 4 is 21.8 Å². The van der Waals surface area contributed by atoms with Crippen LogP contribution < -0.4 is 0 Å². The first-order chi connectivity index (χ1) is 20.3. The lowest BCUT2D eigenvalue weighted by molar-refractivity contribution is -0.0399. The number of fused-ring (bicyclic) bond motifs is 6. The fourth-order valence-corrected chi connectivity index (χ4v) is 10.2. The largest absolute Gasteiger partial charge is 0.294 e. The molecule has 6 aromatic rings. The Morgan fingerprint density at radius 3 is 2.12 bits per heavy atom. The lowest BCUT2D eigenvalue weighted by atomic mass is 9.43. The van der Waals surface area contributed by atoms with Crippen LogP contribution >= 0.6 is 0 Å². The van der Waals surface area contributed by atoms with Gasteiger partial charge in [0.05, 0.1) is 16.7 Å². The lowest BCUT2D eigenvalue weighted by Crippen LogP contribution is -2.55. The van der Waals surface area contributed by atoms with Gasteiger partial charge in [0, 0.05) is 21.8 Å². The van der Waals surface area contributed by atoms with E-state index in [9.17, 15) is 0 Å². The van der Waals surface area contributed by atoms with Gasteiger partial charge in [-0.3, -0.25) is 4.57 Å².